The summed E-state index contributed by atoms with van der Waals surface area (Å²) in [4.78, 5) is 12.3. The van der Waals surface area contributed by atoms with Gasteiger partial charge in [-0.2, -0.15) is 0 Å². The number of carbonyl (C=O) groups is 1. The van der Waals surface area contributed by atoms with E-state index in [9.17, 15) is 19.4 Å². The predicted molar refractivity (Wildman–Crippen MR) is 101 cm³/mol. The van der Waals surface area contributed by atoms with Crippen molar-refractivity contribution in [2.24, 2.45) is 5.41 Å². The summed E-state index contributed by atoms with van der Waals surface area (Å²) in [6, 6.07) is 10.8. The molecule has 0 aliphatic carbocycles. The molecule has 0 heterocycles. The van der Waals surface area contributed by atoms with Gasteiger partial charge in [0.25, 0.3) is 0 Å². The van der Waals surface area contributed by atoms with E-state index in [4.69, 9.17) is 4.74 Å². The van der Waals surface area contributed by atoms with Gasteiger partial charge >= 0.3 is 6.09 Å². The van der Waals surface area contributed by atoms with Crippen LogP contribution < -0.4 is 5.32 Å². The summed E-state index contributed by atoms with van der Waals surface area (Å²) in [5.41, 5.74) is 0.286. The molecule has 2 rings (SSSR count). The number of amides is 1. The number of aliphatic hydroxyl groups is 1. The maximum atomic E-state index is 13.8. The second-order valence-corrected chi connectivity index (χ2v) is 7.51. The average Bonchev–Trinajstić information content (AvgIpc) is 2.57. The summed E-state index contributed by atoms with van der Waals surface area (Å²) < 4.78 is 20.2. The molecule has 0 saturated heterocycles. The molecule has 140 valence electrons. The Morgan fingerprint density at radius 1 is 1.27 bits per heavy atom. The lowest BCUT2D eigenvalue weighted by atomic mass is 9.80. The van der Waals surface area contributed by atoms with Crippen LogP contribution in [0.25, 0.3) is 0 Å². The molecule has 7 heteroatoms. The van der Waals surface area contributed by atoms with Gasteiger partial charge in [0.1, 0.15) is 6.10 Å². The smallest absolute Gasteiger partial charge is 0.412 e. The van der Waals surface area contributed by atoms with Crippen LogP contribution in [0.4, 0.5) is 14.9 Å². The lowest BCUT2D eigenvalue weighted by Crippen LogP contribution is -2.29. The van der Waals surface area contributed by atoms with Crippen molar-refractivity contribution in [1.82, 2.24) is 0 Å². The van der Waals surface area contributed by atoms with Crippen molar-refractivity contribution in [3.05, 3.63) is 58.3 Å². The molecular weight excluding hydrogens is 405 g/mol. The number of benzene rings is 2. The Bertz CT molecular complexity index is 765. The highest BCUT2D eigenvalue weighted by Gasteiger charge is 2.34. The number of anilines is 1. The second kappa shape index (κ2) is 8.51. The SMILES string of the molecule is CC(C)(CCO)[C@@H](OC(=O)Nc1ccc(Br)cc1)c1ccc(O)c(F)c1. The van der Waals surface area contributed by atoms with Gasteiger partial charge in [-0.15, -0.1) is 0 Å². The van der Waals surface area contributed by atoms with Crippen molar-refractivity contribution in [3.63, 3.8) is 0 Å². The number of aromatic hydroxyl groups is 1. The van der Waals surface area contributed by atoms with Crippen LogP contribution in [-0.2, 0) is 4.74 Å². The molecule has 0 unspecified atom stereocenters. The number of rotatable bonds is 6. The minimum atomic E-state index is -0.819. The van der Waals surface area contributed by atoms with Crippen molar-refractivity contribution >= 4 is 27.7 Å². The van der Waals surface area contributed by atoms with Gasteiger partial charge in [-0.05, 0) is 48.4 Å². The minimum Gasteiger partial charge on any atom is -0.505 e. The largest absolute Gasteiger partial charge is 0.505 e. The van der Waals surface area contributed by atoms with Crippen LogP contribution in [0.15, 0.2) is 46.9 Å². The van der Waals surface area contributed by atoms with Crippen LogP contribution in [0.5, 0.6) is 5.75 Å². The molecule has 0 saturated carbocycles. The predicted octanol–water partition coefficient (Wildman–Crippen LogP) is 4.99. The average molecular weight is 426 g/mol. The summed E-state index contributed by atoms with van der Waals surface area (Å²) in [5.74, 6) is -1.28. The maximum Gasteiger partial charge on any atom is 0.412 e. The van der Waals surface area contributed by atoms with E-state index in [2.05, 4.69) is 21.2 Å². The molecule has 0 radical (unpaired) electrons. The van der Waals surface area contributed by atoms with Gasteiger partial charge in [0.2, 0.25) is 0 Å². The molecule has 2 aromatic carbocycles. The van der Waals surface area contributed by atoms with Gasteiger partial charge in [0.15, 0.2) is 11.6 Å². The number of hydrogen-bond donors (Lipinski definition) is 3. The third kappa shape index (κ3) is 5.19. The van der Waals surface area contributed by atoms with E-state index in [1.54, 1.807) is 24.3 Å². The zero-order valence-electron chi connectivity index (χ0n) is 14.5. The third-order valence-corrected chi connectivity index (χ3v) is 4.58. The van der Waals surface area contributed by atoms with E-state index >= 15 is 0 Å². The lowest BCUT2D eigenvalue weighted by Gasteiger charge is -2.33. The van der Waals surface area contributed by atoms with E-state index in [-0.39, 0.29) is 6.61 Å². The van der Waals surface area contributed by atoms with Crippen LogP contribution in [0.2, 0.25) is 0 Å². The Hall–Kier alpha value is -2.12. The monoisotopic (exact) mass is 425 g/mol. The molecule has 1 atom stereocenters. The number of halogens is 2. The van der Waals surface area contributed by atoms with Gasteiger partial charge < -0.3 is 14.9 Å². The molecular formula is C19H21BrFNO4. The van der Waals surface area contributed by atoms with Crippen LogP contribution >= 0.6 is 15.9 Å². The summed E-state index contributed by atoms with van der Waals surface area (Å²) in [6.45, 7) is 3.51. The van der Waals surface area contributed by atoms with E-state index in [1.165, 1.54) is 12.1 Å². The quantitative estimate of drug-likeness (QED) is 0.608. The van der Waals surface area contributed by atoms with Gasteiger partial charge in [-0.25, -0.2) is 9.18 Å². The van der Waals surface area contributed by atoms with Gasteiger partial charge in [-0.3, -0.25) is 5.32 Å². The molecule has 0 aromatic heterocycles. The third-order valence-electron chi connectivity index (χ3n) is 4.06. The number of phenolic OH excluding ortho intramolecular Hbond substituents is 1. The lowest BCUT2D eigenvalue weighted by molar-refractivity contribution is 0.0150. The van der Waals surface area contributed by atoms with E-state index in [0.717, 1.165) is 10.5 Å². The highest BCUT2D eigenvalue weighted by molar-refractivity contribution is 9.10. The molecule has 0 aliphatic heterocycles. The van der Waals surface area contributed by atoms with Crippen molar-refractivity contribution < 1.29 is 24.1 Å². The molecule has 1 amide bonds. The number of ether oxygens (including phenoxy) is 1. The number of phenols is 1. The maximum absolute atomic E-state index is 13.8. The first-order valence-corrected chi connectivity index (χ1v) is 8.85. The Morgan fingerprint density at radius 2 is 1.92 bits per heavy atom. The normalized spacial score (nSPS) is 12.5. The Balaban J connectivity index is 2.24. The molecule has 0 bridgehead atoms. The van der Waals surface area contributed by atoms with Crippen molar-refractivity contribution in [2.45, 2.75) is 26.4 Å². The zero-order valence-corrected chi connectivity index (χ0v) is 16.1. The Labute approximate surface area is 159 Å². The Kier molecular flexibility index (Phi) is 6.61. The van der Waals surface area contributed by atoms with Crippen LogP contribution in [0.1, 0.15) is 31.9 Å². The first-order valence-electron chi connectivity index (χ1n) is 8.05. The summed E-state index contributed by atoms with van der Waals surface area (Å²) >= 11 is 3.31. The molecule has 5 nitrogen and oxygen atoms in total. The number of nitrogens with one attached hydrogen (secondary N) is 1. The molecule has 0 fully saturated rings. The number of carbonyl (C=O) groups excluding carboxylic acids is 1. The minimum absolute atomic E-state index is 0.109. The first-order chi connectivity index (χ1) is 12.2. The number of aliphatic hydroxyl groups excluding tert-OH is 1. The van der Waals surface area contributed by atoms with E-state index < -0.39 is 29.2 Å². The molecule has 3 N–H and O–H groups in total. The molecule has 0 spiro atoms. The highest BCUT2D eigenvalue weighted by Crippen LogP contribution is 2.40. The van der Waals surface area contributed by atoms with E-state index in [0.29, 0.717) is 17.7 Å². The van der Waals surface area contributed by atoms with Gasteiger partial charge in [-0.1, -0.05) is 35.8 Å². The Morgan fingerprint density at radius 3 is 2.50 bits per heavy atom. The fourth-order valence-corrected chi connectivity index (χ4v) is 2.84. The fraction of sp³-hybridized carbons (Fsp3) is 0.316. The van der Waals surface area contributed by atoms with Gasteiger partial charge in [0.05, 0.1) is 0 Å². The topological polar surface area (TPSA) is 78.8 Å². The highest BCUT2D eigenvalue weighted by atomic mass is 79.9. The van der Waals surface area contributed by atoms with E-state index in [1.807, 2.05) is 13.8 Å². The molecule has 26 heavy (non-hydrogen) atoms. The van der Waals surface area contributed by atoms with Gasteiger partial charge in [0, 0.05) is 22.2 Å². The zero-order chi connectivity index (χ0) is 19.3. The second-order valence-electron chi connectivity index (χ2n) is 6.59. The standard InChI is InChI=1S/C19H21BrFNO4/c1-19(2,9-10-23)17(12-3-8-16(24)15(21)11-12)26-18(25)22-14-6-4-13(20)5-7-14/h3-8,11,17,23-24H,9-10H2,1-2H3,(H,22,25)/t17-/m0/s1. The summed E-state index contributed by atoms with van der Waals surface area (Å²) in [6.07, 6.45) is -1.18. The summed E-state index contributed by atoms with van der Waals surface area (Å²) in [7, 11) is 0. The number of hydrogen-bond acceptors (Lipinski definition) is 4. The van der Waals surface area contributed by atoms with Crippen molar-refractivity contribution in [2.75, 3.05) is 11.9 Å². The molecule has 0 aliphatic rings. The first kappa shape index (κ1) is 20.2. The van der Waals surface area contributed by atoms with Crippen LogP contribution in [-0.4, -0.2) is 22.9 Å². The summed E-state index contributed by atoms with van der Waals surface area (Å²) in [5, 5.41) is 21.3. The van der Waals surface area contributed by atoms with Crippen molar-refractivity contribution in [3.8, 4) is 5.75 Å². The molecule has 2 aromatic rings. The van der Waals surface area contributed by atoms with Crippen LogP contribution in [0, 0.1) is 11.2 Å². The van der Waals surface area contributed by atoms with Crippen LogP contribution in [0.3, 0.4) is 0 Å². The van der Waals surface area contributed by atoms with Crippen molar-refractivity contribution in [1.29, 1.82) is 0 Å². The fourth-order valence-electron chi connectivity index (χ4n) is 2.57.